The topological polar surface area (TPSA) is 24.4 Å². The van der Waals surface area contributed by atoms with Gasteiger partial charge in [-0.25, -0.2) is 0 Å². The summed E-state index contributed by atoms with van der Waals surface area (Å²) >= 11 is 5.92. The van der Waals surface area contributed by atoms with Crippen molar-refractivity contribution in [3.05, 3.63) is 10.7 Å². The second-order valence-corrected chi connectivity index (χ2v) is 3.16. The van der Waals surface area contributed by atoms with Gasteiger partial charge in [0.25, 0.3) is 0 Å². The minimum Gasteiger partial charge on any atom is -0.349 e. The van der Waals surface area contributed by atoms with Crippen molar-refractivity contribution in [1.29, 1.82) is 0 Å². The van der Waals surface area contributed by atoms with Crippen LogP contribution in [0.5, 0.6) is 0 Å². The second kappa shape index (κ2) is 2.27. The third-order valence-electron chi connectivity index (χ3n) is 1.82. The Bertz CT molecular complexity index is 204. The van der Waals surface area contributed by atoms with Crippen LogP contribution in [0.25, 0.3) is 0 Å². The van der Waals surface area contributed by atoms with E-state index in [1.54, 1.807) is 6.34 Å². The van der Waals surface area contributed by atoms with E-state index < -0.39 is 0 Å². The molecular weight excluding hydrogens is 148 g/mol. The fourth-order valence-electron chi connectivity index (χ4n) is 1.12. The Balaban J connectivity index is 2.14. The van der Waals surface area contributed by atoms with Crippen LogP contribution in [0.15, 0.2) is 15.7 Å². The van der Waals surface area contributed by atoms with Crippen LogP contribution in [0.2, 0.25) is 0 Å². The largest absolute Gasteiger partial charge is 0.349 e. The summed E-state index contributed by atoms with van der Waals surface area (Å²) < 4.78 is 0. The summed E-state index contributed by atoms with van der Waals surface area (Å²) in [6.45, 7) is 0.667. The lowest BCUT2D eigenvalue weighted by atomic mass is 10.2. The van der Waals surface area contributed by atoms with Gasteiger partial charge in [0, 0.05) is 11.6 Å². The standard InChI is InChI=1S/C7H9ClN2/c8-6-3-9-4-10-7(6)5-1-2-5/h4-5H,1-3H2,(H,9,10). The average molecular weight is 157 g/mol. The maximum absolute atomic E-state index is 5.92. The van der Waals surface area contributed by atoms with Gasteiger partial charge in [-0.05, 0) is 12.8 Å². The molecule has 0 aromatic heterocycles. The maximum Gasteiger partial charge on any atom is 0.0870 e. The molecule has 0 bridgehead atoms. The number of halogens is 1. The molecule has 1 fully saturated rings. The molecule has 1 heterocycles. The molecule has 0 aromatic rings. The third-order valence-corrected chi connectivity index (χ3v) is 2.14. The van der Waals surface area contributed by atoms with Crippen LogP contribution in [0.4, 0.5) is 0 Å². The summed E-state index contributed by atoms with van der Waals surface area (Å²) in [4.78, 5) is 3.99. The normalized spacial score (nSPS) is 24.9. The van der Waals surface area contributed by atoms with Gasteiger partial charge in [0.2, 0.25) is 0 Å². The van der Waals surface area contributed by atoms with E-state index in [-0.39, 0.29) is 0 Å². The van der Waals surface area contributed by atoms with Crippen molar-refractivity contribution in [3.63, 3.8) is 0 Å². The lowest BCUT2D eigenvalue weighted by molar-refractivity contribution is 0.875. The number of aliphatic imine (C=N–C) groups is 1. The van der Waals surface area contributed by atoms with Crippen molar-refractivity contribution < 1.29 is 0 Å². The fourth-order valence-corrected chi connectivity index (χ4v) is 1.39. The Morgan fingerprint density at radius 1 is 1.60 bits per heavy atom. The lowest BCUT2D eigenvalue weighted by Crippen LogP contribution is -2.18. The van der Waals surface area contributed by atoms with Crippen LogP contribution in [-0.4, -0.2) is 12.9 Å². The third kappa shape index (κ3) is 1.03. The predicted molar refractivity (Wildman–Crippen MR) is 42.1 cm³/mol. The van der Waals surface area contributed by atoms with Crippen LogP contribution in [0.3, 0.4) is 0 Å². The quantitative estimate of drug-likeness (QED) is 0.611. The van der Waals surface area contributed by atoms with Gasteiger partial charge < -0.3 is 5.32 Å². The Morgan fingerprint density at radius 2 is 2.40 bits per heavy atom. The molecule has 1 N–H and O–H groups in total. The van der Waals surface area contributed by atoms with Gasteiger partial charge in [-0.1, -0.05) is 11.6 Å². The molecule has 0 radical (unpaired) electrons. The molecule has 0 aromatic carbocycles. The number of nitrogens with one attached hydrogen (secondary N) is 1. The summed E-state index contributed by atoms with van der Waals surface area (Å²) in [5.74, 6) is 0.708. The predicted octanol–water partition coefficient (Wildman–Crippen LogP) is 1.48. The van der Waals surface area contributed by atoms with Gasteiger partial charge in [0.05, 0.1) is 17.9 Å². The summed E-state index contributed by atoms with van der Waals surface area (Å²) in [7, 11) is 0. The van der Waals surface area contributed by atoms with Crippen molar-refractivity contribution in [1.82, 2.24) is 5.32 Å². The van der Waals surface area contributed by atoms with Crippen molar-refractivity contribution in [2.24, 2.45) is 10.9 Å². The maximum atomic E-state index is 5.92. The first-order valence-corrected chi connectivity index (χ1v) is 3.89. The molecule has 10 heavy (non-hydrogen) atoms. The molecule has 0 amide bonds. The Morgan fingerprint density at radius 3 is 3.00 bits per heavy atom. The zero-order chi connectivity index (χ0) is 6.97. The highest BCUT2D eigenvalue weighted by Crippen LogP contribution is 2.37. The number of rotatable bonds is 1. The van der Waals surface area contributed by atoms with E-state index in [1.165, 1.54) is 18.5 Å². The van der Waals surface area contributed by atoms with Crippen molar-refractivity contribution in [2.45, 2.75) is 12.8 Å². The van der Waals surface area contributed by atoms with Crippen molar-refractivity contribution >= 4 is 17.9 Å². The molecule has 1 aliphatic carbocycles. The summed E-state index contributed by atoms with van der Waals surface area (Å²) in [5.41, 5.74) is 1.21. The van der Waals surface area contributed by atoms with Crippen molar-refractivity contribution in [3.8, 4) is 0 Å². The van der Waals surface area contributed by atoms with E-state index in [2.05, 4.69) is 10.3 Å². The molecule has 2 rings (SSSR count). The molecule has 0 atom stereocenters. The van der Waals surface area contributed by atoms with Crippen LogP contribution in [-0.2, 0) is 0 Å². The lowest BCUT2D eigenvalue weighted by Gasteiger charge is -2.11. The zero-order valence-electron chi connectivity index (χ0n) is 5.60. The Hall–Kier alpha value is -0.500. The van der Waals surface area contributed by atoms with E-state index in [0.717, 1.165) is 5.03 Å². The molecular formula is C7H9ClN2. The monoisotopic (exact) mass is 156 g/mol. The number of nitrogens with zero attached hydrogens (tertiary/aromatic N) is 1. The van der Waals surface area contributed by atoms with Crippen molar-refractivity contribution in [2.75, 3.05) is 6.54 Å². The molecule has 2 aliphatic rings. The van der Waals surface area contributed by atoms with Gasteiger partial charge in [0.1, 0.15) is 0 Å². The molecule has 0 unspecified atom stereocenters. The average Bonchev–Trinajstić information content (AvgIpc) is 2.71. The fraction of sp³-hybridized carbons (Fsp3) is 0.571. The van der Waals surface area contributed by atoms with E-state index in [0.29, 0.717) is 12.5 Å². The van der Waals surface area contributed by atoms with Crippen LogP contribution in [0.1, 0.15) is 12.8 Å². The highest BCUT2D eigenvalue weighted by Gasteiger charge is 2.28. The molecule has 1 aliphatic heterocycles. The minimum atomic E-state index is 0.667. The Labute approximate surface area is 65.0 Å². The Kier molecular flexibility index (Phi) is 1.42. The first kappa shape index (κ1) is 6.23. The van der Waals surface area contributed by atoms with Gasteiger partial charge in [-0.2, -0.15) is 0 Å². The molecule has 54 valence electrons. The van der Waals surface area contributed by atoms with E-state index in [9.17, 15) is 0 Å². The number of allylic oxidation sites excluding steroid dienone is 1. The van der Waals surface area contributed by atoms with Gasteiger partial charge in [0.15, 0.2) is 0 Å². The first-order chi connectivity index (χ1) is 4.88. The summed E-state index contributed by atoms with van der Waals surface area (Å²) in [5, 5.41) is 3.98. The molecule has 1 saturated carbocycles. The van der Waals surface area contributed by atoms with Crippen LogP contribution >= 0.6 is 11.6 Å². The highest BCUT2D eigenvalue weighted by atomic mass is 35.5. The van der Waals surface area contributed by atoms with Crippen LogP contribution < -0.4 is 5.32 Å². The van der Waals surface area contributed by atoms with Gasteiger partial charge >= 0.3 is 0 Å². The molecule has 3 heteroatoms. The zero-order valence-corrected chi connectivity index (χ0v) is 6.36. The van der Waals surface area contributed by atoms with E-state index in [4.69, 9.17) is 11.6 Å². The molecule has 0 saturated heterocycles. The highest BCUT2D eigenvalue weighted by molar-refractivity contribution is 6.30. The second-order valence-electron chi connectivity index (χ2n) is 2.71. The number of hydrogen-bond donors (Lipinski definition) is 1. The van der Waals surface area contributed by atoms with Gasteiger partial charge in [-0.15, -0.1) is 0 Å². The van der Waals surface area contributed by atoms with E-state index in [1.807, 2.05) is 0 Å². The van der Waals surface area contributed by atoms with Gasteiger partial charge in [-0.3, -0.25) is 4.99 Å². The first-order valence-electron chi connectivity index (χ1n) is 3.51. The molecule has 2 nitrogen and oxygen atoms in total. The number of hydrogen-bond acceptors (Lipinski definition) is 2. The minimum absolute atomic E-state index is 0.667. The van der Waals surface area contributed by atoms with Crippen LogP contribution in [0, 0.1) is 5.92 Å². The smallest absolute Gasteiger partial charge is 0.0870 e. The summed E-state index contributed by atoms with van der Waals surface area (Å²) in [6, 6.07) is 0. The summed E-state index contributed by atoms with van der Waals surface area (Å²) in [6.07, 6.45) is 4.30. The van der Waals surface area contributed by atoms with E-state index >= 15 is 0 Å². The molecule has 0 spiro atoms. The SMILES string of the molecule is ClC1=C(C2CC2)NC=NC1.